The van der Waals surface area contributed by atoms with Gasteiger partial charge in [0, 0.05) is 5.69 Å². The molecule has 0 atom stereocenters. The topological polar surface area (TPSA) is 106 Å². The Morgan fingerprint density at radius 1 is 0.970 bits per heavy atom. The summed E-state index contributed by atoms with van der Waals surface area (Å²) in [4.78, 5) is 29.2. The predicted octanol–water partition coefficient (Wildman–Crippen LogP) is 4.93. The summed E-state index contributed by atoms with van der Waals surface area (Å²) in [5, 5.41) is 14.6. The Morgan fingerprint density at radius 2 is 1.73 bits per heavy atom. The molecule has 12 heteroatoms. The van der Waals surface area contributed by atoms with Gasteiger partial charge in [-0.3, -0.25) is 9.59 Å². The van der Waals surface area contributed by atoms with Gasteiger partial charge in [-0.05, 0) is 37.3 Å². The molecule has 2 amide bonds. The molecule has 0 aliphatic heterocycles. The minimum atomic E-state index is -0.139. The van der Waals surface area contributed by atoms with Crippen LogP contribution in [0.5, 0.6) is 5.75 Å². The number of anilines is 2. The van der Waals surface area contributed by atoms with Gasteiger partial charge in [0.1, 0.15) is 10.8 Å². The van der Waals surface area contributed by atoms with Crippen molar-refractivity contribution >= 4 is 79.6 Å². The van der Waals surface area contributed by atoms with Gasteiger partial charge >= 0.3 is 0 Å². The number of ether oxygens (including phenoxy) is 1. The zero-order chi connectivity index (χ0) is 23.2. The first-order valence-corrected chi connectivity index (χ1v) is 13.3. The zero-order valence-electron chi connectivity index (χ0n) is 17.7. The van der Waals surface area contributed by atoms with Crippen LogP contribution >= 0.6 is 46.2 Å². The highest BCUT2D eigenvalue weighted by molar-refractivity contribution is 8.02. The predicted molar refractivity (Wildman–Crippen MR) is 136 cm³/mol. The van der Waals surface area contributed by atoms with Crippen LogP contribution in [-0.2, 0) is 9.59 Å². The van der Waals surface area contributed by atoms with Gasteiger partial charge in [-0.25, -0.2) is 4.98 Å². The van der Waals surface area contributed by atoms with E-state index in [1.54, 1.807) is 19.2 Å². The van der Waals surface area contributed by atoms with Crippen molar-refractivity contribution in [1.29, 1.82) is 0 Å². The van der Waals surface area contributed by atoms with E-state index in [4.69, 9.17) is 4.74 Å². The van der Waals surface area contributed by atoms with Gasteiger partial charge < -0.3 is 15.4 Å². The van der Waals surface area contributed by atoms with Gasteiger partial charge in [0.05, 0.1) is 34.5 Å². The summed E-state index contributed by atoms with van der Waals surface area (Å²) in [5.41, 5.74) is 2.16. The summed E-state index contributed by atoms with van der Waals surface area (Å²) in [5.74, 6) is 0.850. The molecule has 8 nitrogen and oxygen atoms in total. The maximum Gasteiger partial charge on any atom is 0.234 e. The van der Waals surface area contributed by atoms with E-state index in [0.29, 0.717) is 17.1 Å². The Balaban J connectivity index is 1.31. The molecule has 0 unspecified atom stereocenters. The minimum absolute atomic E-state index is 0.112. The van der Waals surface area contributed by atoms with Crippen molar-refractivity contribution in [2.24, 2.45) is 0 Å². The number of carbonyl (C=O) groups excluding carboxylic acids is 2. The maximum atomic E-state index is 12.3. The van der Waals surface area contributed by atoms with Crippen LogP contribution in [0.15, 0.2) is 51.1 Å². The van der Waals surface area contributed by atoms with Gasteiger partial charge in [-0.2, -0.15) is 0 Å². The standard InChI is InChI=1S/C21H19N5O3S4/c1-12-25-26-21(32-12)31-10-18(27)22-13-7-8-15-17(9-13)33-20(24-15)30-11-19(28)23-14-5-3-4-6-16(14)29-2/h3-9H,10-11H2,1-2H3,(H,22,27)(H,23,28). The van der Waals surface area contributed by atoms with Crippen LogP contribution in [-0.4, -0.2) is 45.6 Å². The third kappa shape index (κ3) is 6.44. The van der Waals surface area contributed by atoms with E-state index in [2.05, 4.69) is 25.8 Å². The number of hydrogen-bond acceptors (Lipinski definition) is 10. The molecule has 170 valence electrons. The lowest BCUT2D eigenvalue weighted by Gasteiger charge is -2.09. The molecule has 0 saturated carbocycles. The van der Waals surface area contributed by atoms with Crippen molar-refractivity contribution in [3.8, 4) is 5.75 Å². The summed E-state index contributed by atoms with van der Waals surface area (Å²) in [6, 6.07) is 12.9. The molecule has 2 aromatic carbocycles. The number of hydrogen-bond donors (Lipinski definition) is 2. The van der Waals surface area contributed by atoms with Crippen molar-refractivity contribution in [3.63, 3.8) is 0 Å². The highest BCUT2D eigenvalue weighted by Gasteiger charge is 2.12. The van der Waals surface area contributed by atoms with Crippen molar-refractivity contribution < 1.29 is 14.3 Å². The summed E-state index contributed by atoms with van der Waals surface area (Å²) in [7, 11) is 1.57. The summed E-state index contributed by atoms with van der Waals surface area (Å²) in [6.45, 7) is 1.88. The van der Waals surface area contributed by atoms with E-state index < -0.39 is 0 Å². The normalized spacial score (nSPS) is 10.8. The maximum absolute atomic E-state index is 12.3. The Bertz CT molecular complexity index is 1290. The molecule has 2 N–H and O–H groups in total. The molecule has 4 rings (SSSR count). The van der Waals surface area contributed by atoms with E-state index in [-0.39, 0.29) is 23.3 Å². The van der Waals surface area contributed by atoms with Crippen LogP contribution in [0.4, 0.5) is 11.4 Å². The quantitative estimate of drug-likeness (QED) is 0.301. The number of nitrogens with one attached hydrogen (secondary N) is 2. The lowest BCUT2D eigenvalue weighted by molar-refractivity contribution is -0.114. The molecule has 0 aliphatic rings. The number of amides is 2. The van der Waals surface area contributed by atoms with Crippen LogP contribution in [0.25, 0.3) is 10.2 Å². The highest BCUT2D eigenvalue weighted by Crippen LogP contribution is 2.32. The number of rotatable bonds is 9. The van der Waals surface area contributed by atoms with E-state index >= 15 is 0 Å². The molecule has 4 aromatic rings. The Labute approximate surface area is 206 Å². The minimum Gasteiger partial charge on any atom is -0.495 e. The molecule has 2 aromatic heterocycles. The number of fused-ring (bicyclic) bond motifs is 1. The molecule has 0 aliphatic carbocycles. The molecule has 2 heterocycles. The van der Waals surface area contributed by atoms with Crippen molar-refractivity contribution in [2.75, 3.05) is 29.2 Å². The third-order valence-corrected chi connectivity index (χ3v) is 8.33. The van der Waals surface area contributed by atoms with Gasteiger partial charge in [0.15, 0.2) is 8.68 Å². The average Bonchev–Trinajstić information content (AvgIpc) is 3.41. The summed E-state index contributed by atoms with van der Waals surface area (Å²) >= 11 is 5.68. The van der Waals surface area contributed by atoms with Gasteiger partial charge in [-0.1, -0.05) is 47.0 Å². The summed E-state index contributed by atoms with van der Waals surface area (Å²) < 4.78 is 7.75. The van der Waals surface area contributed by atoms with E-state index in [9.17, 15) is 9.59 Å². The lowest BCUT2D eigenvalue weighted by Crippen LogP contribution is -2.14. The first-order chi connectivity index (χ1) is 16.0. The third-order valence-electron chi connectivity index (χ3n) is 4.19. The fraction of sp³-hybridized carbons (Fsp3) is 0.190. The number of aryl methyl sites for hydroxylation is 1. The van der Waals surface area contributed by atoms with Crippen molar-refractivity contribution in [1.82, 2.24) is 15.2 Å². The second-order valence-electron chi connectivity index (χ2n) is 6.62. The van der Waals surface area contributed by atoms with Crippen LogP contribution in [0.2, 0.25) is 0 Å². The fourth-order valence-corrected chi connectivity index (χ4v) is 6.29. The van der Waals surface area contributed by atoms with Gasteiger partial charge in [-0.15, -0.1) is 21.5 Å². The molecular formula is C21H19N5O3S4. The second kappa shape index (κ2) is 11.0. The molecular weight excluding hydrogens is 499 g/mol. The molecule has 0 spiro atoms. The van der Waals surface area contributed by atoms with Gasteiger partial charge in [0.25, 0.3) is 0 Å². The zero-order valence-corrected chi connectivity index (χ0v) is 20.9. The Morgan fingerprint density at radius 3 is 2.48 bits per heavy atom. The van der Waals surface area contributed by atoms with Crippen LogP contribution in [0, 0.1) is 6.92 Å². The molecule has 0 radical (unpaired) electrons. The number of thiazole rings is 1. The molecule has 33 heavy (non-hydrogen) atoms. The first-order valence-electron chi connectivity index (χ1n) is 9.69. The number of carbonyl (C=O) groups is 2. The van der Waals surface area contributed by atoms with E-state index in [1.807, 2.05) is 37.3 Å². The summed E-state index contributed by atoms with van der Waals surface area (Å²) in [6.07, 6.45) is 0. The second-order valence-corrected chi connectivity index (χ2v) is 11.3. The number of nitrogens with zero attached hydrogens (tertiary/aromatic N) is 3. The van der Waals surface area contributed by atoms with Crippen LogP contribution in [0.3, 0.4) is 0 Å². The fourth-order valence-electron chi connectivity index (χ4n) is 2.77. The number of aromatic nitrogens is 3. The lowest BCUT2D eigenvalue weighted by atomic mass is 10.3. The number of methoxy groups -OCH3 is 1. The van der Waals surface area contributed by atoms with Crippen LogP contribution in [0.1, 0.15) is 5.01 Å². The van der Waals surface area contributed by atoms with Crippen molar-refractivity contribution in [3.05, 3.63) is 47.5 Å². The molecule has 0 bridgehead atoms. The Kier molecular flexibility index (Phi) is 7.81. The molecule has 0 fully saturated rings. The Hall–Kier alpha value is -2.67. The SMILES string of the molecule is COc1ccccc1NC(=O)CSc1nc2ccc(NC(=O)CSc3nnc(C)s3)cc2s1. The number of para-hydroxylation sites is 2. The number of thioether (sulfide) groups is 2. The van der Waals surface area contributed by atoms with Gasteiger partial charge in [0.2, 0.25) is 11.8 Å². The largest absolute Gasteiger partial charge is 0.495 e. The van der Waals surface area contributed by atoms with Crippen molar-refractivity contribution in [2.45, 2.75) is 15.6 Å². The van der Waals surface area contributed by atoms with E-state index in [0.717, 1.165) is 23.9 Å². The monoisotopic (exact) mass is 517 g/mol. The number of benzene rings is 2. The highest BCUT2D eigenvalue weighted by atomic mass is 32.2. The first kappa shape index (κ1) is 23.5. The van der Waals surface area contributed by atoms with Crippen LogP contribution < -0.4 is 15.4 Å². The average molecular weight is 518 g/mol. The smallest absolute Gasteiger partial charge is 0.234 e. The molecule has 0 saturated heterocycles. The van der Waals surface area contributed by atoms with E-state index in [1.165, 1.54) is 46.2 Å².